The average Bonchev–Trinajstić information content (AvgIpc) is 2.36. The molecule has 0 atom stereocenters. The molecule has 100 valence electrons. The first-order valence-corrected chi connectivity index (χ1v) is 6.69. The minimum Gasteiger partial charge on any atom is -0.508 e. The molecular weight excluding hydrogens is 363 g/mol. The van der Waals surface area contributed by atoms with Crippen molar-refractivity contribution < 1.29 is 13.9 Å². The molecule has 0 saturated heterocycles. The number of hydrogen-bond donors (Lipinski definition) is 1. The summed E-state index contributed by atoms with van der Waals surface area (Å²) >= 11 is 2.07. The maximum atomic E-state index is 12.7. The second-order valence-electron chi connectivity index (χ2n) is 4.06. The number of nitrogens with zero attached hydrogens (tertiary/aromatic N) is 1. The Morgan fingerprint density at radius 1 is 1.21 bits per heavy atom. The topological polar surface area (TPSA) is 23.5 Å². The van der Waals surface area contributed by atoms with Crippen LogP contribution in [0, 0.1) is 0 Å². The second-order valence-corrected chi connectivity index (χ2v) is 5.22. The van der Waals surface area contributed by atoms with E-state index in [-0.39, 0.29) is 5.75 Å². The summed E-state index contributed by atoms with van der Waals surface area (Å²) in [6, 6.07) is 6.45. The van der Waals surface area contributed by atoms with Crippen LogP contribution in [0.1, 0.15) is 5.56 Å². The van der Waals surface area contributed by atoms with Gasteiger partial charge in [-0.15, -0.1) is 0 Å². The Morgan fingerprint density at radius 3 is 2.42 bits per heavy atom. The molecule has 0 unspecified atom stereocenters. The number of allylic oxidation sites excluding steroid dienone is 3. The average molecular weight is 375 g/mol. The van der Waals surface area contributed by atoms with E-state index in [0.29, 0.717) is 11.4 Å². The van der Waals surface area contributed by atoms with Gasteiger partial charge in [0.1, 0.15) is 5.75 Å². The van der Waals surface area contributed by atoms with Crippen molar-refractivity contribution in [2.24, 2.45) is 0 Å². The lowest BCUT2D eigenvalue weighted by Gasteiger charge is -2.31. The van der Waals surface area contributed by atoms with E-state index in [4.69, 9.17) is 0 Å². The molecule has 0 aliphatic carbocycles. The van der Waals surface area contributed by atoms with E-state index in [2.05, 4.69) is 29.2 Å². The Morgan fingerprint density at radius 2 is 1.84 bits per heavy atom. The van der Waals surface area contributed by atoms with E-state index in [0.717, 1.165) is 9.14 Å². The highest BCUT2D eigenvalue weighted by atomic mass is 127. The van der Waals surface area contributed by atoms with Crippen LogP contribution in [0.4, 0.5) is 8.78 Å². The Hall–Kier alpha value is -1.37. The number of benzene rings is 1. The van der Waals surface area contributed by atoms with E-state index in [1.165, 1.54) is 17.0 Å². The highest BCUT2D eigenvalue weighted by Crippen LogP contribution is 2.34. The Labute approximate surface area is 123 Å². The van der Waals surface area contributed by atoms with Gasteiger partial charge in [-0.05, 0) is 64.6 Å². The molecule has 0 saturated carbocycles. The van der Waals surface area contributed by atoms with Crippen LogP contribution in [0.3, 0.4) is 0 Å². The molecule has 0 aromatic heterocycles. The predicted molar refractivity (Wildman–Crippen MR) is 80.0 cm³/mol. The fourth-order valence-electron chi connectivity index (χ4n) is 1.84. The zero-order chi connectivity index (χ0) is 14.0. The van der Waals surface area contributed by atoms with Gasteiger partial charge in [0.15, 0.2) is 0 Å². The number of halogens is 3. The quantitative estimate of drug-likeness (QED) is 0.803. The number of hydrogen-bond acceptors (Lipinski definition) is 2. The SMILES string of the molecule is C=C1C(I)=CC=C(c2ccc(O)cc2)N1CC(F)F. The van der Waals surface area contributed by atoms with Crippen LogP contribution in [0.15, 0.2) is 52.3 Å². The lowest BCUT2D eigenvalue weighted by Crippen LogP contribution is -2.28. The minimum absolute atomic E-state index is 0.143. The molecule has 1 aliphatic rings. The van der Waals surface area contributed by atoms with Gasteiger partial charge in [-0.1, -0.05) is 6.58 Å². The van der Waals surface area contributed by atoms with Crippen LogP contribution >= 0.6 is 22.6 Å². The summed E-state index contributed by atoms with van der Waals surface area (Å²) in [5.74, 6) is 0.143. The summed E-state index contributed by atoms with van der Waals surface area (Å²) in [7, 11) is 0. The van der Waals surface area contributed by atoms with Gasteiger partial charge in [0.05, 0.1) is 6.54 Å². The van der Waals surface area contributed by atoms with Crippen LogP contribution in [0.2, 0.25) is 0 Å². The number of rotatable bonds is 3. The molecule has 1 N–H and O–H groups in total. The van der Waals surface area contributed by atoms with Crippen LogP contribution < -0.4 is 0 Å². The van der Waals surface area contributed by atoms with Crippen molar-refractivity contribution in [3.05, 3.63) is 57.8 Å². The van der Waals surface area contributed by atoms with Crippen molar-refractivity contribution in [1.82, 2.24) is 4.90 Å². The van der Waals surface area contributed by atoms with Crippen LogP contribution in [0.5, 0.6) is 5.75 Å². The predicted octanol–water partition coefficient (Wildman–Crippen LogP) is 4.15. The molecule has 1 aromatic rings. The summed E-state index contributed by atoms with van der Waals surface area (Å²) in [6.45, 7) is 3.45. The normalized spacial score (nSPS) is 15.6. The first-order chi connectivity index (χ1) is 8.99. The molecule has 2 nitrogen and oxygen atoms in total. The minimum atomic E-state index is -2.44. The van der Waals surface area contributed by atoms with Gasteiger partial charge in [0.2, 0.25) is 0 Å². The van der Waals surface area contributed by atoms with Crippen molar-refractivity contribution in [3.8, 4) is 5.75 Å². The zero-order valence-electron chi connectivity index (χ0n) is 9.98. The summed E-state index contributed by atoms with van der Waals surface area (Å²) in [5.41, 5.74) is 1.98. The first kappa shape index (κ1) is 14.0. The highest BCUT2D eigenvalue weighted by Gasteiger charge is 2.22. The Kier molecular flexibility index (Phi) is 4.24. The molecule has 5 heteroatoms. The molecule has 1 aliphatic heterocycles. The van der Waals surface area contributed by atoms with Crippen molar-refractivity contribution in [2.45, 2.75) is 6.43 Å². The van der Waals surface area contributed by atoms with Crippen molar-refractivity contribution in [3.63, 3.8) is 0 Å². The van der Waals surface area contributed by atoms with Gasteiger partial charge in [0, 0.05) is 15.0 Å². The van der Waals surface area contributed by atoms with Crippen molar-refractivity contribution >= 4 is 28.3 Å². The lowest BCUT2D eigenvalue weighted by molar-refractivity contribution is 0.123. The van der Waals surface area contributed by atoms with E-state index in [9.17, 15) is 13.9 Å². The third-order valence-electron chi connectivity index (χ3n) is 2.76. The summed E-state index contributed by atoms with van der Waals surface area (Å²) < 4.78 is 26.2. The van der Waals surface area contributed by atoms with Gasteiger partial charge in [-0.2, -0.15) is 0 Å². The van der Waals surface area contributed by atoms with E-state index in [1.807, 2.05) is 6.08 Å². The van der Waals surface area contributed by atoms with E-state index in [1.54, 1.807) is 18.2 Å². The van der Waals surface area contributed by atoms with Gasteiger partial charge < -0.3 is 10.0 Å². The zero-order valence-corrected chi connectivity index (χ0v) is 12.1. The van der Waals surface area contributed by atoms with Gasteiger partial charge in [0.25, 0.3) is 6.43 Å². The number of phenolic OH excluding ortho intramolecular Hbond substituents is 1. The highest BCUT2D eigenvalue weighted by molar-refractivity contribution is 14.1. The van der Waals surface area contributed by atoms with Crippen LogP contribution in [0.25, 0.3) is 5.70 Å². The van der Waals surface area contributed by atoms with Gasteiger partial charge in [-0.25, -0.2) is 8.78 Å². The molecule has 0 fully saturated rings. The smallest absolute Gasteiger partial charge is 0.256 e. The number of phenols is 1. The molecule has 0 amide bonds. The second kappa shape index (κ2) is 5.73. The molecular formula is C14H12F2INO. The summed E-state index contributed by atoms with van der Waals surface area (Å²) in [6.07, 6.45) is 1.18. The molecule has 0 radical (unpaired) electrons. The standard InChI is InChI=1S/C14H12F2INO/c1-9-12(17)6-7-13(18(9)8-14(15)16)10-2-4-11(19)5-3-10/h2-7,14,19H,1,8H2. The molecule has 1 aromatic carbocycles. The Bertz CT molecular complexity index is 549. The molecule has 0 bridgehead atoms. The molecule has 0 spiro atoms. The molecule has 2 rings (SSSR count). The summed E-state index contributed by atoms with van der Waals surface area (Å²) in [4.78, 5) is 1.50. The fourth-order valence-corrected chi connectivity index (χ4v) is 2.31. The lowest BCUT2D eigenvalue weighted by atomic mass is 10.1. The molecule has 1 heterocycles. The van der Waals surface area contributed by atoms with Gasteiger partial charge in [-0.3, -0.25) is 0 Å². The maximum absolute atomic E-state index is 12.7. The number of aromatic hydroxyl groups is 1. The van der Waals surface area contributed by atoms with E-state index >= 15 is 0 Å². The van der Waals surface area contributed by atoms with E-state index < -0.39 is 13.0 Å². The van der Waals surface area contributed by atoms with Crippen molar-refractivity contribution in [2.75, 3.05) is 6.54 Å². The monoisotopic (exact) mass is 375 g/mol. The summed E-state index contributed by atoms with van der Waals surface area (Å²) in [5, 5.41) is 9.28. The number of alkyl halides is 2. The Balaban J connectivity index is 2.39. The largest absolute Gasteiger partial charge is 0.508 e. The maximum Gasteiger partial charge on any atom is 0.256 e. The molecule has 19 heavy (non-hydrogen) atoms. The van der Waals surface area contributed by atoms with Gasteiger partial charge >= 0.3 is 0 Å². The van der Waals surface area contributed by atoms with Crippen LogP contribution in [-0.4, -0.2) is 23.0 Å². The fraction of sp³-hybridized carbons (Fsp3) is 0.143. The third kappa shape index (κ3) is 3.15. The first-order valence-electron chi connectivity index (χ1n) is 5.61. The van der Waals surface area contributed by atoms with Crippen LogP contribution in [-0.2, 0) is 0 Å². The third-order valence-corrected chi connectivity index (χ3v) is 3.75. The van der Waals surface area contributed by atoms with Crippen molar-refractivity contribution in [1.29, 1.82) is 0 Å².